The van der Waals surface area contributed by atoms with Crippen LogP contribution < -0.4 is 19.1 Å². The zero-order valence-corrected chi connectivity index (χ0v) is 19.6. The average molecular weight is 507 g/mol. The Morgan fingerprint density at radius 3 is 2.42 bits per heavy atom. The lowest BCUT2D eigenvalue weighted by Gasteiger charge is -2.28. The second-order valence-electron chi connectivity index (χ2n) is 7.22. The summed E-state index contributed by atoms with van der Waals surface area (Å²) in [4.78, 5) is 12.8. The van der Waals surface area contributed by atoms with Crippen LogP contribution in [-0.4, -0.2) is 40.1 Å². The molecule has 0 unspecified atom stereocenters. The molecular formula is C23H20Cl2N2O5S. The molecule has 3 aromatic carbocycles. The Hall–Kier alpha value is -2.94. The molecular weight excluding hydrogens is 487 g/mol. The van der Waals surface area contributed by atoms with Gasteiger partial charge < -0.3 is 14.8 Å². The van der Waals surface area contributed by atoms with E-state index in [-0.39, 0.29) is 28.8 Å². The highest BCUT2D eigenvalue weighted by molar-refractivity contribution is 7.92. The number of hydrogen-bond acceptors (Lipinski definition) is 5. The Labute approximate surface area is 201 Å². The van der Waals surface area contributed by atoms with Crippen LogP contribution in [0, 0.1) is 0 Å². The molecule has 3 aromatic rings. The van der Waals surface area contributed by atoms with Crippen LogP contribution in [0.15, 0.2) is 77.7 Å². The molecule has 0 aromatic heterocycles. The number of amides is 1. The van der Waals surface area contributed by atoms with E-state index in [1.807, 2.05) is 12.1 Å². The van der Waals surface area contributed by atoms with Crippen molar-refractivity contribution in [3.63, 3.8) is 0 Å². The molecule has 0 saturated carbocycles. The lowest BCUT2D eigenvalue weighted by Crippen LogP contribution is -2.45. The maximum Gasteiger partial charge on any atom is 0.264 e. The summed E-state index contributed by atoms with van der Waals surface area (Å²) in [6.45, 7) is -0.0875. The number of sulfonamides is 1. The molecule has 0 radical (unpaired) electrons. The summed E-state index contributed by atoms with van der Waals surface area (Å²) in [5.74, 6) is 0.699. The van der Waals surface area contributed by atoms with Crippen molar-refractivity contribution >= 4 is 44.8 Å². The van der Waals surface area contributed by atoms with Gasteiger partial charge in [0.15, 0.2) is 11.5 Å². The van der Waals surface area contributed by atoms with Gasteiger partial charge in [0.1, 0.15) is 19.3 Å². The van der Waals surface area contributed by atoms with Crippen LogP contribution in [0.1, 0.15) is 0 Å². The Kier molecular flexibility index (Phi) is 6.97. The van der Waals surface area contributed by atoms with E-state index in [0.717, 1.165) is 4.31 Å². The van der Waals surface area contributed by atoms with Gasteiger partial charge in [0.2, 0.25) is 5.91 Å². The molecule has 1 aliphatic heterocycles. The molecule has 0 saturated heterocycles. The maximum absolute atomic E-state index is 13.4. The highest BCUT2D eigenvalue weighted by Crippen LogP contribution is 2.33. The van der Waals surface area contributed by atoms with Crippen LogP contribution in [0.5, 0.6) is 11.5 Å². The number of ether oxygens (including phenoxy) is 2. The molecule has 1 N–H and O–H groups in total. The second kappa shape index (κ2) is 9.91. The number of fused-ring (bicyclic) bond motifs is 1. The lowest BCUT2D eigenvalue weighted by atomic mass is 10.2. The van der Waals surface area contributed by atoms with Gasteiger partial charge in [0.05, 0.1) is 22.2 Å². The van der Waals surface area contributed by atoms with Crippen LogP contribution in [0.25, 0.3) is 0 Å². The number of para-hydroxylation sites is 2. The van der Waals surface area contributed by atoms with Gasteiger partial charge in [-0.15, -0.1) is 0 Å². The van der Waals surface area contributed by atoms with E-state index < -0.39 is 28.6 Å². The highest BCUT2D eigenvalue weighted by Gasteiger charge is 2.29. The van der Waals surface area contributed by atoms with E-state index in [9.17, 15) is 13.2 Å². The summed E-state index contributed by atoms with van der Waals surface area (Å²) in [5, 5.41) is 3.17. The Morgan fingerprint density at radius 1 is 1.00 bits per heavy atom. The Balaban J connectivity index is 1.51. The number of halogens is 2. The van der Waals surface area contributed by atoms with E-state index in [1.165, 1.54) is 30.3 Å². The predicted octanol–water partition coefficient (Wildman–Crippen LogP) is 4.14. The number of carbonyl (C=O) groups is 1. The van der Waals surface area contributed by atoms with Crippen molar-refractivity contribution in [3.05, 3.63) is 82.8 Å². The number of nitrogens with zero attached hydrogens (tertiary/aromatic N) is 1. The van der Waals surface area contributed by atoms with Crippen molar-refractivity contribution in [2.24, 2.45) is 0 Å². The third kappa shape index (κ3) is 5.35. The van der Waals surface area contributed by atoms with Gasteiger partial charge in [-0.05, 0) is 42.5 Å². The van der Waals surface area contributed by atoms with E-state index in [1.54, 1.807) is 30.3 Å². The van der Waals surface area contributed by atoms with Gasteiger partial charge in [-0.1, -0.05) is 53.5 Å². The molecule has 0 bridgehead atoms. The van der Waals surface area contributed by atoms with Gasteiger partial charge in [-0.2, -0.15) is 0 Å². The van der Waals surface area contributed by atoms with Crippen molar-refractivity contribution in [2.75, 3.05) is 24.0 Å². The second-order valence-corrected chi connectivity index (χ2v) is 9.93. The first-order valence-corrected chi connectivity index (χ1v) is 12.2. The summed E-state index contributed by atoms with van der Waals surface area (Å²) >= 11 is 12.3. The summed E-state index contributed by atoms with van der Waals surface area (Å²) in [7, 11) is -4.08. The summed E-state index contributed by atoms with van der Waals surface area (Å²) in [5.41, 5.74) is 0.145. The number of carbonyl (C=O) groups excluding carboxylic acids is 1. The Bertz CT molecular complexity index is 1250. The first-order valence-electron chi connectivity index (χ1n) is 10.0. The zero-order valence-electron chi connectivity index (χ0n) is 17.3. The van der Waals surface area contributed by atoms with Crippen molar-refractivity contribution < 1.29 is 22.7 Å². The predicted molar refractivity (Wildman–Crippen MR) is 127 cm³/mol. The number of anilines is 1. The SMILES string of the molecule is O=C(CN(c1ccc(Cl)cc1Cl)S(=O)(=O)c1ccccc1)NC[C@H]1COc2ccccc2O1. The van der Waals surface area contributed by atoms with Crippen molar-refractivity contribution in [1.29, 1.82) is 0 Å². The molecule has 1 heterocycles. The number of benzene rings is 3. The van der Waals surface area contributed by atoms with Crippen LogP contribution in [0.3, 0.4) is 0 Å². The quantitative estimate of drug-likeness (QED) is 0.520. The zero-order chi connectivity index (χ0) is 23.4. The van der Waals surface area contributed by atoms with Crippen molar-refractivity contribution in [3.8, 4) is 11.5 Å². The van der Waals surface area contributed by atoms with Gasteiger partial charge in [-0.3, -0.25) is 9.10 Å². The maximum atomic E-state index is 13.4. The molecule has 0 fully saturated rings. The Morgan fingerprint density at radius 2 is 1.70 bits per heavy atom. The van der Waals surface area contributed by atoms with Crippen molar-refractivity contribution in [2.45, 2.75) is 11.0 Å². The normalized spacial score (nSPS) is 15.0. The molecule has 10 heteroatoms. The summed E-state index contributed by atoms with van der Waals surface area (Å²) in [6.07, 6.45) is -0.415. The van der Waals surface area contributed by atoms with E-state index >= 15 is 0 Å². The lowest BCUT2D eigenvalue weighted by molar-refractivity contribution is -0.120. The fraction of sp³-hybridized carbons (Fsp3) is 0.174. The molecule has 0 spiro atoms. The smallest absolute Gasteiger partial charge is 0.264 e. The minimum Gasteiger partial charge on any atom is -0.486 e. The summed E-state index contributed by atoms with van der Waals surface area (Å²) in [6, 6.07) is 19.5. The average Bonchev–Trinajstić information content (AvgIpc) is 2.82. The number of nitrogens with one attached hydrogen (secondary N) is 1. The monoisotopic (exact) mass is 506 g/mol. The molecule has 1 amide bonds. The molecule has 7 nitrogen and oxygen atoms in total. The third-order valence-corrected chi connectivity index (χ3v) is 7.20. The number of rotatable bonds is 7. The first kappa shape index (κ1) is 23.2. The van der Waals surface area contributed by atoms with Gasteiger partial charge >= 0.3 is 0 Å². The topological polar surface area (TPSA) is 84.9 Å². The fourth-order valence-electron chi connectivity index (χ4n) is 3.28. The van der Waals surface area contributed by atoms with Crippen LogP contribution in [-0.2, 0) is 14.8 Å². The van der Waals surface area contributed by atoms with E-state index in [0.29, 0.717) is 16.5 Å². The van der Waals surface area contributed by atoms with E-state index in [4.69, 9.17) is 32.7 Å². The van der Waals surface area contributed by atoms with Crippen LogP contribution in [0.4, 0.5) is 5.69 Å². The van der Waals surface area contributed by atoms with Gasteiger partial charge in [0.25, 0.3) is 10.0 Å². The van der Waals surface area contributed by atoms with Crippen LogP contribution >= 0.6 is 23.2 Å². The van der Waals surface area contributed by atoms with Gasteiger partial charge in [-0.25, -0.2) is 8.42 Å². The molecule has 33 heavy (non-hydrogen) atoms. The minimum atomic E-state index is -4.08. The minimum absolute atomic E-state index is 0.0319. The summed E-state index contributed by atoms with van der Waals surface area (Å²) < 4.78 is 39.2. The molecule has 4 rings (SSSR count). The molecule has 1 atom stereocenters. The molecule has 0 aliphatic carbocycles. The van der Waals surface area contributed by atoms with Gasteiger partial charge in [0, 0.05) is 5.02 Å². The van der Waals surface area contributed by atoms with E-state index in [2.05, 4.69) is 5.32 Å². The van der Waals surface area contributed by atoms with Crippen LogP contribution in [0.2, 0.25) is 10.0 Å². The first-order chi connectivity index (χ1) is 15.8. The number of hydrogen-bond donors (Lipinski definition) is 1. The standard InChI is InChI=1S/C23H20Cl2N2O5S/c24-16-10-11-20(19(25)12-16)27(33(29,30)18-6-2-1-3-7-18)14-23(28)26-13-17-15-31-21-8-4-5-9-22(21)32-17/h1-12,17H,13-15H2,(H,26,28)/t17-/m0/s1. The molecule has 172 valence electrons. The third-order valence-electron chi connectivity index (χ3n) is 4.89. The van der Waals surface area contributed by atoms with Crippen molar-refractivity contribution in [1.82, 2.24) is 5.32 Å². The highest BCUT2D eigenvalue weighted by atomic mass is 35.5. The largest absolute Gasteiger partial charge is 0.486 e. The molecule has 1 aliphatic rings. The fourth-order valence-corrected chi connectivity index (χ4v) is 5.30.